The van der Waals surface area contributed by atoms with E-state index in [1.807, 2.05) is 0 Å². The number of nitrogens with two attached hydrogens (primary N) is 1. The maximum absolute atomic E-state index is 11.2. The van der Waals surface area contributed by atoms with E-state index in [1.54, 1.807) is 18.2 Å². The highest BCUT2D eigenvalue weighted by Crippen LogP contribution is 2.46. The molecule has 0 heterocycles. The molecule has 0 saturated heterocycles. The van der Waals surface area contributed by atoms with Gasteiger partial charge in [0.15, 0.2) is 0 Å². The number of nitrogen functional groups attached to an aromatic ring is 1. The molecule has 3 rings (SSSR count). The summed E-state index contributed by atoms with van der Waals surface area (Å²) in [6.45, 7) is 0. The van der Waals surface area contributed by atoms with Crippen LogP contribution in [0.15, 0.2) is 18.2 Å². The van der Waals surface area contributed by atoms with Gasteiger partial charge >= 0.3 is 5.97 Å². The lowest BCUT2D eigenvalue weighted by Gasteiger charge is -2.25. The fourth-order valence-corrected chi connectivity index (χ4v) is 3.52. The maximum Gasteiger partial charge on any atom is 0.337 e. The lowest BCUT2D eigenvalue weighted by Crippen LogP contribution is -2.27. The number of hydrogen-bond donors (Lipinski definition) is 3. The van der Waals surface area contributed by atoms with Gasteiger partial charge in [0, 0.05) is 6.04 Å². The minimum atomic E-state index is -0.923. The van der Waals surface area contributed by atoms with Crippen LogP contribution in [0.5, 0.6) is 0 Å². The molecule has 2 bridgehead atoms. The molecular formula is C14H18N2O2. The molecule has 2 aliphatic carbocycles. The second-order valence-corrected chi connectivity index (χ2v) is 5.50. The standard InChI is InChI=1S/C14H18N2O2/c15-11-3-1-2-10(14(17)18)13(11)16-12-7-8-4-5-9(12)6-8/h1-3,8-9,12,16H,4-7,15H2,(H,17,18). The molecule has 3 atom stereocenters. The molecule has 2 aliphatic rings. The Labute approximate surface area is 106 Å². The topological polar surface area (TPSA) is 75.4 Å². The Kier molecular flexibility index (Phi) is 2.65. The normalized spacial score (nSPS) is 29.4. The Morgan fingerprint density at radius 3 is 2.78 bits per heavy atom. The summed E-state index contributed by atoms with van der Waals surface area (Å²) in [5, 5.41) is 12.6. The molecule has 0 aromatic heterocycles. The average molecular weight is 246 g/mol. The third-order valence-corrected chi connectivity index (χ3v) is 4.39. The minimum absolute atomic E-state index is 0.276. The van der Waals surface area contributed by atoms with Crippen molar-refractivity contribution in [1.29, 1.82) is 0 Å². The fourth-order valence-electron chi connectivity index (χ4n) is 3.52. The summed E-state index contributed by atoms with van der Waals surface area (Å²) in [6, 6.07) is 5.44. The molecule has 1 aromatic rings. The zero-order valence-corrected chi connectivity index (χ0v) is 10.2. The summed E-state index contributed by atoms with van der Waals surface area (Å²) in [5.74, 6) is 0.593. The van der Waals surface area contributed by atoms with E-state index in [2.05, 4.69) is 5.32 Å². The van der Waals surface area contributed by atoms with Gasteiger partial charge < -0.3 is 16.2 Å². The van der Waals surface area contributed by atoms with Gasteiger partial charge in [-0.2, -0.15) is 0 Å². The zero-order valence-electron chi connectivity index (χ0n) is 10.2. The monoisotopic (exact) mass is 246 g/mol. The molecule has 4 nitrogen and oxygen atoms in total. The average Bonchev–Trinajstić information content (AvgIpc) is 2.93. The molecule has 2 fully saturated rings. The summed E-state index contributed by atoms with van der Waals surface area (Å²) < 4.78 is 0. The van der Waals surface area contributed by atoms with Crippen LogP contribution in [0, 0.1) is 11.8 Å². The van der Waals surface area contributed by atoms with E-state index in [0.29, 0.717) is 23.3 Å². The van der Waals surface area contributed by atoms with Crippen LogP contribution in [0.4, 0.5) is 11.4 Å². The first-order valence-corrected chi connectivity index (χ1v) is 6.53. The van der Waals surface area contributed by atoms with Crippen LogP contribution >= 0.6 is 0 Å². The van der Waals surface area contributed by atoms with E-state index in [9.17, 15) is 9.90 Å². The van der Waals surface area contributed by atoms with Crippen LogP contribution < -0.4 is 11.1 Å². The van der Waals surface area contributed by atoms with Gasteiger partial charge in [-0.3, -0.25) is 0 Å². The first kappa shape index (κ1) is 11.4. The van der Waals surface area contributed by atoms with Crippen LogP contribution in [0.25, 0.3) is 0 Å². The van der Waals surface area contributed by atoms with Crippen LogP contribution in [-0.2, 0) is 0 Å². The molecule has 1 aromatic carbocycles. The van der Waals surface area contributed by atoms with Gasteiger partial charge in [0.25, 0.3) is 0 Å². The molecule has 0 radical (unpaired) electrons. The maximum atomic E-state index is 11.2. The molecule has 3 unspecified atom stereocenters. The second kappa shape index (κ2) is 4.19. The van der Waals surface area contributed by atoms with Crippen molar-refractivity contribution in [3.05, 3.63) is 23.8 Å². The van der Waals surface area contributed by atoms with E-state index < -0.39 is 5.97 Å². The number of hydrogen-bond acceptors (Lipinski definition) is 3. The third-order valence-electron chi connectivity index (χ3n) is 4.39. The Morgan fingerprint density at radius 1 is 1.33 bits per heavy atom. The van der Waals surface area contributed by atoms with E-state index in [-0.39, 0.29) is 5.56 Å². The van der Waals surface area contributed by atoms with Gasteiger partial charge in [-0.1, -0.05) is 12.5 Å². The van der Waals surface area contributed by atoms with Crippen LogP contribution in [0.1, 0.15) is 36.0 Å². The molecule has 96 valence electrons. The van der Waals surface area contributed by atoms with E-state index in [4.69, 9.17) is 5.73 Å². The highest BCUT2D eigenvalue weighted by Gasteiger charge is 2.39. The van der Waals surface area contributed by atoms with Crippen molar-refractivity contribution in [1.82, 2.24) is 0 Å². The van der Waals surface area contributed by atoms with Crippen LogP contribution in [-0.4, -0.2) is 17.1 Å². The van der Waals surface area contributed by atoms with Crippen molar-refractivity contribution in [2.45, 2.75) is 31.7 Å². The minimum Gasteiger partial charge on any atom is -0.478 e. The first-order valence-electron chi connectivity index (χ1n) is 6.53. The van der Waals surface area contributed by atoms with Gasteiger partial charge in [0.05, 0.1) is 16.9 Å². The Morgan fingerprint density at radius 2 is 2.17 bits per heavy atom. The first-order chi connectivity index (χ1) is 8.65. The van der Waals surface area contributed by atoms with Crippen LogP contribution in [0.2, 0.25) is 0 Å². The number of carboxylic acid groups (broad SMARTS) is 1. The number of fused-ring (bicyclic) bond motifs is 2. The van der Waals surface area contributed by atoms with E-state index >= 15 is 0 Å². The van der Waals surface area contributed by atoms with Crippen molar-refractivity contribution >= 4 is 17.3 Å². The number of anilines is 2. The van der Waals surface area contributed by atoms with Gasteiger partial charge in [-0.25, -0.2) is 4.79 Å². The van der Waals surface area contributed by atoms with E-state index in [0.717, 1.165) is 12.3 Å². The Hall–Kier alpha value is -1.71. The quantitative estimate of drug-likeness (QED) is 0.716. The largest absolute Gasteiger partial charge is 0.478 e. The Balaban J connectivity index is 1.86. The van der Waals surface area contributed by atoms with Crippen molar-refractivity contribution in [3.63, 3.8) is 0 Å². The van der Waals surface area contributed by atoms with Crippen molar-refractivity contribution < 1.29 is 9.90 Å². The zero-order chi connectivity index (χ0) is 12.7. The molecule has 0 spiro atoms. The molecule has 4 heteroatoms. The predicted molar refractivity (Wildman–Crippen MR) is 70.7 cm³/mol. The summed E-state index contributed by atoms with van der Waals surface area (Å²) in [4.78, 5) is 11.2. The number of nitrogens with one attached hydrogen (secondary N) is 1. The molecular weight excluding hydrogens is 228 g/mol. The SMILES string of the molecule is Nc1cccc(C(=O)O)c1NC1CC2CCC1C2. The molecule has 0 amide bonds. The number of benzene rings is 1. The smallest absolute Gasteiger partial charge is 0.337 e. The molecule has 4 N–H and O–H groups in total. The van der Waals surface area contributed by atoms with Gasteiger partial charge in [-0.05, 0) is 43.2 Å². The summed E-state index contributed by atoms with van der Waals surface area (Å²) in [6.07, 6.45) is 5.03. The second-order valence-electron chi connectivity index (χ2n) is 5.50. The van der Waals surface area contributed by atoms with Gasteiger partial charge in [0.1, 0.15) is 0 Å². The van der Waals surface area contributed by atoms with Crippen molar-refractivity contribution in [2.24, 2.45) is 11.8 Å². The number of aromatic carboxylic acids is 1. The lowest BCUT2D eigenvalue weighted by atomic mass is 9.94. The van der Waals surface area contributed by atoms with Crippen LogP contribution in [0.3, 0.4) is 0 Å². The van der Waals surface area contributed by atoms with Crippen molar-refractivity contribution in [2.75, 3.05) is 11.1 Å². The highest BCUT2D eigenvalue weighted by atomic mass is 16.4. The Bertz CT molecular complexity index is 487. The van der Waals surface area contributed by atoms with Gasteiger partial charge in [-0.15, -0.1) is 0 Å². The number of carboxylic acids is 1. The van der Waals surface area contributed by atoms with Crippen molar-refractivity contribution in [3.8, 4) is 0 Å². The fraction of sp³-hybridized carbons (Fsp3) is 0.500. The predicted octanol–water partition coefficient (Wildman–Crippen LogP) is 2.57. The third kappa shape index (κ3) is 1.82. The lowest BCUT2D eigenvalue weighted by molar-refractivity contribution is 0.0698. The number of para-hydroxylation sites is 1. The number of rotatable bonds is 3. The summed E-state index contributed by atoms with van der Waals surface area (Å²) in [5.41, 5.74) is 7.31. The number of carbonyl (C=O) groups is 1. The molecule has 0 aliphatic heterocycles. The summed E-state index contributed by atoms with van der Waals surface area (Å²) in [7, 11) is 0. The van der Waals surface area contributed by atoms with Gasteiger partial charge in [0.2, 0.25) is 0 Å². The molecule has 18 heavy (non-hydrogen) atoms. The highest BCUT2D eigenvalue weighted by molar-refractivity contribution is 5.97. The molecule has 2 saturated carbocycles. The van der Waals surface area contributed by atoms with E-state index in [1.165, 1.54) is 19.3 Å². The summed E-state index contributed by atoms with van der Waals surface area (Å²) >= 11 is 0.